The van der Waals surface area contributed by atoms with Gasteiger partial charge in [-0.3, -0.25) is 9.78 Å². The molecule has 29 heavy (non-hydrogen) atoms. The molecule has 0 spiro atoms. The number of nitrogens with two attached hydrogens (primary N) is 1. The molecule has 1 aromatic heterocycles. The monoisotopic (exact) mass is 407 g/mol. The normalized spacial score (nSPS) is 18.2. The summed E-state index contributed by atoms with van der Waals surface area (Å²) >= 11 is 1.55. The number of primary amides is 1. The Balaban J connectivity index is 1.53. The van der Waals surface area contributed by atoms with E-state index in [-0.39, 0.29) is 5.91 Å². The van der Waals surface area contributed by atoms with Gasteiger partial charge in [0.05, 0.1) is 11.3 Å². The fourth-order valence-electron chi connectivity index (χ4n) is 4.48. The number of aryl methyl sites for hydroxylation is 1. The molecular formula is C24H29N3OS. The first-order chi connectivity index (χ1) is 14.0. The molecule has 1 amide bonds. The number of benzene rings is 1. The Hall–Kier alpha value is -2.01. The Morgan fingerprint density at radius 1 is 1.17 bits per heavy atom. The smallest absolute Gasteiger partial charge is 0.249 e. The van der Waals surface area contributed by atoms with E-state index in [0.29, 0.717) is 23.3 Å². The van der Waals surface area contributed by atoms with Crippen LogP contribution in [0.25, 0.3) is 0 Å². The van der Waals surface area contributed by atoms with E-state index < -0.39 is 0 Å². The minimum atomic E-state index is -0.370. The lowest BCUT2D eigenvalue weighted by Gasteiger charge is -2.20. The van der Waals surface area contributed by atoms with Crippen molar-refractivity contribution in [2.24, 2.45) is 5.73 Å². The van der Waals surface area contributed by atoms with Crippen LogP contribution in [-0.2, 0) is 12.8 Å². The van der Waals surface area contributed by atoms with E-state index in [0.717, 1.165) is 17.7 Å². The molecule has 3 N–H and O–H groups in total. The molecule has 0 bridgehead atoms. The summed E-state index contributed by atoms with van der Waals surface area (Å²) in [5, 5.41) is 0. The van der Waals surface area contributed by atoms with Gasteiger partial charge in [-0.25, -0.2) is 0 Å². The lowest BCUT2D eigenvalue weighted by molar-refractivity contribution is 0.0997. The van der Waals surface area contributed by atoms with Crippen molar-refractivity contribution >= 4 is 23.5 Å². The van der Waals surface area contributed by atoms with Crippen LogP contribution in [0.4, 0.5) is 5.69 Å². The first-order valence-electron chi connectivity index (χ1n) is 10.9. The zero-order valence-corrected chi connectivity index (χ0v) is 18.1. The second-order valence-electron chi connectivity index (χ2n) is 9.09. The van der Waals surface area contributed by atoms with E-state index in [1.807, 2.05) is 12.1 Å². The highest BCUT2D eigenvalue weighted by molar-refractivity contribution is 8.00. The fraction of sp³-hybridized carbons (Fsp3) is 0.500. The van der Waals surface area contributed by atoms with Crippen LogP contribution in [0.2, 0.25) is 0 Å². The van der Waals surface area contributed by atoms with Crippen LogP contribution >= 0.6 is 11.9 Å². The molecule has 0 atom stereocenters. The van der Waals surface area contributed by atoms with Crippen molar-refractivity contribution in [1.82, 2.24) is 4.98 Å². The van der Waals surface area contributed by atoms with Crippen LogP contribution in [-0.4, -0.2) is 10.9 Å². The van der Waals surface area contributed by atoms with Gasteiger partial charge in [0.25, 0.3) is 0 Å². The van der Waals surface area contributed by atoms with Crippen molar-refractivity contribution < 1.29 is 4.79 Å². The van der Waals surface area contributed by atoms with Crippen molar-refractivity contribution in [2.45, 2.75) is 81.4 Å². The van der Waals surface area contributed by atoms with E-state index in [9.17, 15) is 4.79 Å². The van der Waals surface area contributed by atoms with Crippen LogP contribution in [0.5, 0.6) is 0 Å². The summed E-state index contributed by atoms with van der Waals surface area (Å²) < 4.78 is 3.70. The Labute approximate surface area is 177 Å². The second kappa shape index (κ2) is 7.35. The number of pyridine rings is 1. The molecule has 152 valence electrons. The number of hydrogen-bond donors (Lipinski definition) is 2. The van der Waals surface area contributed by atoms with Crippen LogP contribution in [0.1, 0.15) is 102 Å². The number of aromatic nitrogens is 1. The van der Waals surface area contributed by atoms with Crippen molar-refractivity contribution in [2.75, 3.05) is 4.72 Å². The number of nitrogens with zero attached hydrogens (tertiary/aromatic N) is 1. The third kappa shape index (κ3) is 3.65. The standard InChI is InChI=1S/C24H29N3OS/c1-13(2)16-10-11-18(24(25)28)20(12-16)29-27-23-17-4-3-5-19(17)26-22(15-8-9-15)21(23)14-6-7-14/h10-15H,3-9H2,1-2H3,(H2,25,28)(H,26,27). The van der Waals surface area contributed by atoms with E-state index in [1.54, 1.807) is 11.9 Å². The van der Waals surface area contributed by atoms with Crippen molar-refractivity contribution in [3.05, 3.63) is 51.8 Å². The Morgan fingerprint density at radius 3 is 2.59 bits per heavy atom. The summed E-state index contributed by atoms with van der Waals surface area (Å²) in [6.07, 6.45) is 8.49. The maximum atomic E-state index is 12.0. The topological polar surface area (TPSA) is 68.0 Å². The highest BCUT2D eigenvalue weighted by Gasteiger charge is 2.38. The largest absolute Gasteiger partial charge is 0.366 e. The number of anilines is 1. The van der Waals surface area contributed by atoms with Gasteiger partial charge in [0.2, 0.25) is 5.91 Å². The summed E-state index contributed by atoms with van der Waals surface area (Å²) in [7, 11) is 0. The van der Waals surface area contributed by atoms with Crippen LogP contribution in [0, 0.1) is 0 Å². The molecule has 2 fully saturated rings. The summed E-state index contributed by atoms with van der Waals surface area (Å²) in [5.74, 6) is 1.35. The van der Waals surface area contributed by atoms with Gasteiger partial charge >= 0.3 is 0 Å². The summed E-state index contributed by atoms with van der Waals surface area (Å²) in [4.78, 5) is 18.1. The van der Waals surface area contributed by atoms with E-state index >= 15 is 0 Å². The third-order valence-electron chi connectivity index (χ3n) is 6.44. The first-order valence-corrected chi connectivity index (χ1v) is 11.8. The van der Waals surface area contributed by atoms with Crippen molar-refractivity contribution in [3.63, 3.8) is 0 Å². The minimum absolute atomic E-state index is 0.370. The van der Waals surface area contributed by atoms with E-state index in [2.05, 4.69) is 24.6 Å². The van der Waals surface area contributed by atoms with Gasteiger partial charge in [-0.1, -0.05) is 19.9 Å². The molecule has 0 unspecified atom stereocenters. The molecule has 5 heteroatoms. The number of amides is 1. The van der Waals surface area contributed by atoms with Gasteiger partial charge in [-0.15, -0.1) is 0 Å². The minimum Gasteiger partial charge on any atom is -0.366 e. The van der Waals surface area contributed by atoms with Gasteiger partial charge < -0.3 is 10.5 Å². The summed E-state index contributed by atoms with van der Waals surface area (Å²) in [6, 6.07) is 6.00. The molecule has 2 saturated carbocycles. The molecular weight excluding hydrogens is 378 g/mol. The first kappa shape index (κ1) is 19.0. The molecule has 0 radical (unpaired) electrons. The number of carbonyl (C=O) groups excluding carboxylic acids is 1. The van der Waals surface area contributed by atoms with Gasteiger partial charge in [0.1, 0.15) is 0 Å². The maximum absolute atomic E-state index is 12.0. The number of carbonyl (C=O) groups is 1. The Kier molecular flexibility index (Phi) is 4.81. The van der Waals surface area contributed by atoms with Gasteiger partial charge in [0.15, 0.2) is 0 Å². The number of rotatable bonds is 7. The molecule has 3 aliphatic rings. The highest BCUT2D eigenvalue weighted by Crippen LogP contribution is 2.53. The summed E-state index contributed by atoms with van der Waals surface area (Å²) in [5.41, 5.74) is 14.3. The zero-order valence-electron chi connectivity index (χ0n) is 17.3. The number of hydrogen-bond acceptors (Lipinski definition) is 4. The molecule has 0 aliphatic heterocycles. The second-order valence-corrected chi connectivity index (χ2v) is 9.94. The molecule has 1 aromatic carbocycles. The maximum Gasteiger partial charge on any atom is 0.249 e. The molecule has 0 saturated heterocycles. The SMILES string of the molecule is CC(C)c1ccc(C(N)=O)c(SNc2c3c(nc(C4CC4)c2C2CC2)CCC3)c1. The van der Waals surface area contributed by atoms with Crippen LogP contribution in [0.3, 0.4) is 0 Å². The Bertz CT molecular complexity index is 977. The molecule has 4 nitrogen and oxygen atoms in total. The van der Waals surface area contributed by atoms with Crippen molar-refractivity contribution in [1.29, 1.82) is 0 Å². The quantitative estimate of drug-likeness (QED) is 0.581. The van der Waals surface area contributed by atoms with Crippen molar-refractivity contribution in [3.8, 4) is 0 Å². The lowest BCUT2D eigenvalue weighted by Crippen LogP contribution is -2.13. The third-order valence-corrected chi connectivity index (χ3v) is 7.31. The summed E-state index contributed by atoms with van der Waals surface area (Å²) in [6.45, 7) is 4.34. The molecule has 5 rings (SSSR count). The van der Waals surface area contributed by atoms with E-state index in [1.165, 1.54) is 65.9 Å². The fourth-order valence-corrected chi connectivity index (χ4v) is 5.40. The predicted molar refractivity (Wildman–Crippen MR) is 119 cm³/mol. The molecule has 2 aromatic rings. The van der Waals surface area contributed by atoms with Gasteiger partial charge in [-0.05, 0) is 92.0 Å². The highest BCUT2D eigenvalue weighted by atomic mass is 32.2. The average molecular weight is 408 g/mol. The lowest BCUT2D eigenvalue weighted by atomic mass is 9.99. The number of nitrogens with one attached hydrogen (secondary N) is 1. The van der Waals surface area contributed by atoms with Crippen LogP contribution < -0.4 is 10.5 Å². The van der Waals surface area contributed by atoms with Gasteiger partial charge in [-0.2, -0.15) is 0 Å². The Morgan fingerprint density at radius 2 is 1.93 bits per heavy atom. The van der Waals surface area contributed by atoms with Gasteiger partial charge in [0, 0.05) is 27.8 Å². The molecule has 3 aliphatic carbocycles. The van der Waals surface area contributed by atoms with E-state index in [4.69, 9.17) is 10.7 Å². The average Bonchev–Trinajstić information content (AvgIpc) is 3.62. The number of fused-ring (bicyclic) bond motifs is 1. The molecule has 1 heterocycles. The predicted octanol–water partition coefficient (Wildman–Crippen LogP) is 5.67. The zero-order chi connectivity index (χ0) is 20.1. The van der Waals surface area contributed by atoms with Crippen LogP contribution in [0.15, 0.2) is 23.1 Å².